The molecule has 1 aromatic heterocycles. The average Bonchev–Trinajstić information content (AvgIpc) is 3.17. The summed E-state index contributed by atoms with van der Waals surface area (Å²) in [4.78, 5) is 13.0. The number of carbonyl (C=O) groups is 1. The molecule has 4 heteroatoms. The Morgan fingerprint density at radius 3 is 2.40 bits per heavy atom. The first-order valence-corrected chi connectivity index (χ1v) is 10.2. The van der Waals surface area contributed by atoms with Crippen LogP contribution in [0.4, 0.5) is 5.69 Å². The van der Waals surface area contributed by atoms with E-state index in [4.69, 9.17) is 9.15 Å². The first kappa shape index (κ1) is 19.8. The van der Waals surface area contributed by atoms with Gasteiger partial charge >= 0.3 is 0 Å². The zero-order valence-corrected chi connectivity index (χ0v) is 17.2. The summed E-state index contributed by atoms with van der Waals surface area (Å²) in [5, 5.41) is 3.83. The van der Waals surface area contributed by atoms with Gasteiger partial charge in [0.2, 0.25) is 0 Å². The molecule has 0 aliphatic rings. The number of para-hydroxylation sites is 2. The van der Waals surface area contributed by atoms with Crippen LogP contribution in [0.1, 0.15) is 47.9 Å². The quantitative estimate of drug-likeness (QED) is 0.373. The molecular weight excluding hydrogens is 374 g/mol. The second kappa shape index (κ2) is 8.87. The number of anilines is 1. The van der Waals surface area contributed by atoms with Gasteiger partial charge in [0.25, 0.3) is 5.91 Å². The van der Waals surface area contributed by atoms with Crippen molar-refractivity contribution in [1.82, 2.24) is 0 Å². The molecule has 0 fully saturated rings. The maximum Gasteiger partial charge on any atom is 0.291 e. The minimum absolute atomic E-state index is 0.247. The van der Waals surface area contributed by atoms with Crippen LogP contribution in [0.25, 0.3) is 11.0 Å². The number of amides is 1. The fourth-order valence-corrected chi connectivity index (χ4v) is 3.42. The van der Waals surface area contributed by atoms with Crippen LogP contribution < -0.4 is 10.1 Å². The Balaban J connectivity index is 1.58. The molecule has 3 aromatic carbocycles. The maximum atomic E-state index is 13.0. The highest BCUT2D eigenvalue weighted by Crippen LogP contribution is 2.28. The van der Waals surface area contributed by atoms with Crippen molar-refractivity contribution in [1.29, 1.82) is 0 Å². The van der Waals surface area contributed by atoms with Gasteiger partial charge in [-0.15, -0.1) is 0 Å². The number of hydrogen-bond acceptors (Lipinski definition) is 3. The summed E-state index contributed by atoms with van der Waals surface area (Å²) < 4.78 is 11.8. The van der Waals surface area contributed by atoms with Gasteiger partial charge in [0, 0.05) is 16.6 Å². The Hall–Kier alpha value is -3.53. The second-order valence-electron chi connectivity index (χ2n) is 7.39. The molecule has 0 aliphatic heterocycles. The molecule has 1 atom stereocenters. The Bertz CT molecular complexity index is 1130. The highest BCUT2D eigenvalue weighted by atomic mass is 16.5. The molecule has 0 saturated heterocycles. The largest absolute Gasteiger partial charge is 0.489 e. The third-order valence-corrected chi connectivity index (χ3v) is 5.38. The zero-order valence-electron chi connectivity index (χ0n) is 17.2. The highest BCUT2D eigenvalue weighted by Gasteiger charge is 2.21. The number of nitrogens with one attached hydrogen (secondary N) is 1. The van der Waals surface area contributed by atoms with E-state index in [0.717, 1.165) is 28.8 Å². The molecule has 4 nitrogen and oxygen atoms in total. The monoisotopic (exact) mass is 399 g/mol. The van der Waals surface area contributed by atoms with Gasteiger partial charge in [0.05, 0.1) is 0 Å². The molecule has 1 N–H and O–H groups in total. The van der Waals surface area contributed by atoms with E-state index >= 15 is 0 Å². The summed E-state index contributed by atoms with van der Waals surface area (Å²) in [5.74, 6) is 1.23. The minimum Gasteiger partial charge on any atom is -0.489 e. The van der Waals surface area contributed by atoms with E-state index in [1.54, 1.807) is 0 Å². The molecular formula is C26H25NO3. The maximum absolute atomic E-state index is 13.0. The van der Waals surface area contributed by atoms with Crippen molar-refractivity contribution in [2.24, 2.45) is 0 Å². The van der Waals surface area contributed by atoms with E-state index in [1.165, 1.54) is 5.56 Å². The van der Waals surface area contributed by atoms with Crippen molar-refractivity contribution in [2.45, 2.75) is 32.8 Å². The summed E-state index contributed by atoms with van der Waals surface area (Å²) in [7, 11) is 0. The van der Waals surface area contributed by atoms with Crippen LogP contribution in [-0.2, 0) is 6.61 Å². The number of fused-ring (bicyclic) bond motifs is 1. The number of ether oxygens (including phenoxy) is 1. The fourth-order valence-electron chi connectivity index (χ4n) is 3.42. The van der Waals surface area contributed by atoms with Gasteiger partial charge in [0.1, 0.15) is 17.9 Å². The summed E-state index contributed by atoms with van der Waals surface area (Å²) in [6, 6.07) is 25.2. The molecule has 0 aliphatic carbocycles. The smallest absolute Gasteiger partial charge is 0.291 e. The lowest BCUT2D eigenvalue weighted by molar-refractivity contribution is 0.0995. The molecule has 0 unspecified atom stereocenters. The number of furan rings is 1. The molecule has 1 amide bonds. The van der Waals surface area contributed by atoms with Crippen molar-refractivity contribution in [3.05, 3.63) is 95.7 Å². The van der Waals surface area contributed by atoms with Crippen LogP contribution in [-0.4, -0.2) is 5.91 Å². The molecule has 0 bridgehead atoms. The van der Waals surface area contributed by atoms with Gasteiger partial charge in [-0.1, -0.05) is 62.4 Å². The molecule has 4 aromatic rings. The predicted octanol–water partition coefficient (Wildman–Crippen LogP) is 6.78. The Morgan fingerprint density at radius 2 is 1.67 bits per heavy atom. The molecule has 0 radical (unpaired) electrons. The summed E-state index contributed by atoms with van der Waals surface area (Å²) in [6.45, 7) is 4.61. The Kier molecular flexibility index (Phi) is 5.84. The van der Waals surface area contributed by atoms with Crippen LogP contribution in [0.2, 0.25) is 0 Å². The van der Waals surface area contributed by atoms with Crippen molar-refractivity contribution in [3.63, 3.8) is 0 Å². The van der Waals surface area contributed by atoms with Crippen molar-refractivity contribution in [3.8, 4) is 5.75 Å². The molecule has 152 valence electrons. The van der Waals surface area contributed by atoms with Crippen LogP contribution >= 0.6 is 0 Å². The summed E-state index contributed by atoms with van der Waals surface area (Å²) in [5.41, 5.74) is 3.41. The van der Waals surface area contributed by atoms with Crippen LogP contribution in [0.3, 0.4) is 0 Å². The van der Waals surface area contributed by atoms with E-state index in [2.05, 4.69) is 31.3 Å². The van der Waals surface area contributed by atoms with E-state index < -0.39 is 0 Å². The SMILES string of the molecule is CC[C@@H](C)c1ccc(NC(=O)c2oc3ccccc3c2COc2ccccc2)cc1. The lowest BCUT2D eigenvalue weighted by atomic mass is 9.99. The second-order valence-corrected chi connectivity index (χ2v) is 7.39. The first-order chi connectivity index (χ1) is 14.7. The predicted molar refractivity (Wildman–Crippen MR) is 120 cm³/mol. The highest BCUT2D eigenvalue weighted by molar-refractivity contribution is 6.06. The molecule has 0 saturated carbocycles. The van der Waals surface area contributed by atoms with Crippen LogP contribution in [0.15, 0.2) is 83.3 Å². The van der Waals surface area contributed by atoms with Crippen LogP contribution in [0, 0.1) is 0 Å². The Morgan fingerprint density at radius 1 is 0.967 bits per heavy atom. The topological polar surface area (TPSA) is 51.5 Å². The van der Waals surface area contributed by atoms with Gasteiger partial charge in [-0.25, -0.2) is 0 Å². The number of rotatable bonds is 7. The van der Waals surface area contributed by atoms with Crippen molar-refractivity contribution in [2.75, 3.05) is 5.32 Å². The van der Waals surface area contributed by atoms with Gasteiger partial charge in [-0.05, 0) is 48.2 Å². The van der Waals surface area contributed by atoms with Crippen molar-refractivity contribution < 1.29 is 13.9 Å². The third-order valence-electron chi connectivity index (χ3n) is 5.38. The van der Waals surface area contributed by atoms with E-state index in [-0.39, 0.29) is 18.3 Å². The number of carbonyl (C=O) groups excluding carboxylic acids is 1. The number of benzene rings is 3. The molecule has 0 spiro atoms. The van der Waals surface area contributed by atoms with Gasteiger partial charge in [-0.3, -0.25) is 4.79 Å². The van der Waals surface area contributed by atoms with Gasteiger partial charge in [-0.2, -0.15) is 0 Å². The van der Waals surface area contributed by atoms with Crippen molar-refractivity contribution >= 4 is 22.6 Å². The normalized spacial score (nSPS) is 11.9. The molecule has 30 heavy (non-hydrogen) atoms. The lowest BCUT2D eigenvalue weighted by Gasteiger charge is -2.11. The lowest BCUT2D eigenvalue weighted by Crippen LogP contribution is -2.14. The van der Waals surface area contributed by atoms with Gasteiger partial charge < -0.3 is 14.5 Å². The van der Waals surface area contributed by atoms with E-state index in [0.29, 0.717) is 11.5 Å². The first-order valence-electron chi connectivity index (χ1n) is 10.2. The van der Waals surface area contributed by atoms with Crippen LogP contribution in [0.5, 0.6) is 5.75 Å². The standard InChI is InChI=1S/C26H25NO3/c1-3-18(2)19-13-15-20(16-14-19)27-26(28)25-23(17-29-21-9-5-4-6-10-21)22-11-7-8-12-24(22)30-25/h4-16,18H,3,17H2,1-2H3,(H,27,28)/t18-/m1/s1. The summed E-state index contributed by atoms with van der Waals surface area (Å²) in [6.07, 6.45) is 1.08. The summed E-state index contributed by atoms with van der Waals surface area (Å²) >= 11 is 0. The number of hydrogen-bond donors (Lipinski definition) is 1. The fraction of sp³-hybridized carbons (Fsp3) is 0.192. The third kappa shape index (κ3) is 4.23. The van der Waals surface area contributed by atoms with Gasteiger partial charge in [0.15, 0.2) is 5.76 Å². The zero-order chi connectivity index (χ0) is 20.9. The Labute approximate surface area is 176 Å². The molecule has 1 heterocycles. The molecule has 4 rings (SSSR count). The van der Waals surface area contributed by atoms with E-state index in [9.17, 15) is 4.79 Å². The minimum atomic E-state index is -0.283. The average molecular weight is 399 g/mol. The van der Waals surface area contributed by atoms with E-state index in [1.807, 2.05) is 66.7 Å².